The number of amidine groups is 1. The number of nitrogens with zero attached hydrogens (tertiary/aromatic N) is 5. The lowest BCUT2D eigenvalue weighted by atomic mass is 9.94. The van der Waals surface area contributed by atoms with Gasteiger partial charge in [-0.2, -0.15) is 0 Å². The fourth-order valence-corrected chi connectivity index (χ4v) is 8.01. The van der Waals surface area contributed by atoms with Gasteiger partial charge in [0.1, 0.15) is 11.7 Å². The average Bonchev–Trinajstić information content (AvgIpc) is 3.86. The van der Waals surface area contributed by atoms with Gasteiger partial charge in [0.05, 0.1) is 68.4 Å². The highest BCUT2D eigenvalue weighted by Gasteiger charge is 2.31. The second-order valence-electron chi connectivity index (χ2n) is 15.2. The second kappa shape index (κ2) is 16.4. The Morgan fingerprint density at radius 1 is 0.508 bits per heavy atom. The first-order valence-corrected chi connectivity index (χ1v) is 20.5. The van der Waals surface area contributed by atoms with E-state index in [1.54, 1.807) is 24.5 Å². The fourth-order valence-electron chi connectivity index (χ4n) is 8.01. The highest BCUT2D eigenvalue weighted by atomic mass is 16.2. The van der Waals surface area contributed by atoms with Gasteiger partial charge >= 0.3 is 0 Å². The lowest BCUT2D eigenvalue weighted by Crippen LogP contribution is -2.31. The molecule has 0 radical (unpaired) electrons. The zero-order valence-corrected chi connectivity index (χ0v) is 34.3. The number of rotatable bonds is 8. The summed E-state index contributed by atoms with van der Waals surface area (Å²) in [4.78, 5) is 57.0. The molecule has 10 nitrogen and oxygen atoms in total. The molecule has 10 rings (SSSR count). The summed E-state index contributed by atoms with van der Waals surface area (Å²) in [6.45, 7) is 3.81. The van der Waals surface area contributed by atoms with Crippen LogP contribution in [0.3, 0.4) is 0 Å². The minimum atomic E-state index is -0.310. The molecule has 0 unspecified atom stereocenters. The molecule has 0 fully saturated rings. The SMILES string of the molecule is Cc1ccccc1C(=O)NC1=NC(=Cc2[nH]c(NC(=O)c3ccccc3C)c(-c3cnc4ccccc4n3)c2-c2ccccc2)C(c2ccccc2)=C1c1cnc2ccccc2n1. The van der Waals surface area contributed by atoms with Crippen molar-refractivity contribution in [3.05, 3.63) is 215 Å². The molecule has 302 valence electrons. The maximum absolute atomic E-state index is 14.2. The molecule has 2 amide bonds. The molecular weight excluding hydrogens is 781 g/mol. The number of hydrogen-bond acceptors (Lipinski definition) is 7. The number of para-hydroxylation sites is 4. The highest BCUT2D eigenvalue weighted by molar-refractivity contribution is 6.38. The van der Waals surface area contributed by atoms with Crippen molar-refractivity contribution in [2.45, 2.75) is 13.8 Å². The van der Waals surface area contributed by atoms with Gasteiger partial charge in [-0.25, -0.2) is 15.0 Å². The molecule has 1 aliphatic rings. The van der Waals surface area contributed by atoms with Crippen LogP contribution in [0.2, 0.25) is 0 Å². The van der Waals surface area contributed by atoms with Crippen molar-refractivity contribution < 1.29 is 9.59 Å². The molecule has 3 aromatic heterocycles. The number of allylic oxidation sites excluding steroid dienone is 1. The smallest absolute Gasteiger partial charge is 0.257 e. The number of nitrogens with one attached hydrogen (secondary N) is 3. The van der Waals surface area contributed by atoms with E-state index in [0.717, 1.165) is 44.4 Å². The van der Waals surface area contributed by atoms with Crippen molar-refractivity contribution in [2.75, 3.05) is 5.32 Å². The zero-order chi connectivity index (χ0) is 42.9. The van der Waals surface area contributed by atoms with E-state index in [2.05, 4.69) is 15.6 Å². The molecule has 4 heterocycles. The summed E-state index contributed by atoms with van der Waals surface area (Å²) < 4.78 is 0. The summed E-state index contributed by atoms with van der Waals surface area (Å²) in [5, 5.41) is 6.37. The molecule has 6 aromatic carbocycles. The number of aromatic nitrogens is 5. The number of benzene rings is 6. The lowest BCUT2D eigenvalue weighted by Gasteiger charge is -2.13. The Kier molecular flexibility index (Phi) is 10.1. The summed E-state index contributed by atoms with van der Waals surface area (Å²) in [5.74, 6) is 0.152. The first-order chi connectivity index (χ1) is 30.9. The topological polar surface area (TPSA) is 138 Å². The molecule has 9 aromatic rings. The number of anilines is 1. The number of carbonyl (C=O) groups excluding carboxylic acids is 2. The van der Waals surface area contributed by atoms with E-state index in [0.29, 0.717) is 67.7 Å². The standard InChI is InChI=1S/C53H38N8O2/c1-32-17-9-11-23-36(32)52(62)60-50-48(44-30-54-38-25-13-15-27-40(38)56-44)46(34-19-5-3-6-20-34)42(58-50)29-43-47(35-21-7-4-8-22-35)49(45-31-55-39-26-14-16-28-41(39)57-45)51(59-43)61-53(63)37-24-12-10-18-33(37)2/h3-31,58H,1-2H3,(H,60,62)(H,59,61,63). The van der Waals surface area contributed by atoms with Crippen LogP contribution in [0.1, 0.15) is 48.8 Å². The maximum atomic E-state index is 14.2. The van der Waals surface area contributed by atoms with Crippen molar-refractivity contribution in [1.29, 1.82) is 0 Å². The van der Waals surface area contributed by atoms with E-state index in [1.807, 2.05) is 166 Å². The molecule has 0 saturated carbocycles. The van der Waals surface area contributed by atoms with Gasteiger partial charge < -0.3 is 15.6 Å². The number of carbonyl (C=O) groups is 2. The summed E-state index contributed by atoms with van der Waals surface area (Å²) >= 11 is 0. The predicted octanol–water partition coefficient (Wildman–Crippen LogP) is 10.9. The Morgan fingerprint density at radius 2 is 1.00 bits per heavy atom. The Hall–Kier alpha value is -8.63. The number of aromatic amines is 1. The van der Waals surface area contributed by atoms with Crippen molar-refractivity contribution in [1.82, 2.24) is 30.2 Å². The summed E-state index contributed by atoms with van der Waals surface area (Å²) in [5.41, 5.74) is 12.3. The molecule has 0 atom stereocenters. The number of amides is 2. The maximum Gasteiger partial charge on any atom is 0.257 e. The Labute approximate surface area is 362 Å². The zero-order valence-electron chi connectivity index (χ0n) is 34.3. The molecular formula is C53H38N8O2. The van der Waals surface area contributed by atoms with Crippen LogP contribution >= 0.6 is 0 Å². The minimum Gasteiger partial charge on any atom is -0.341 e. The molecule has 0 bridgehead atoms. The van der Waals surface area contributed by atoms with Crippen LogP contribution in [0, 0.1) is 13.8 Å². The summed E-state index contributed by atoms with van der Waals surface area (Å²) in [7, 11) is 0. The molecule has 63 heavy (non-hydrogen) atoms. The molecule has 1 aliphatic heterocycles. The van der Waals surface area contributed by atoms with Gasteiger partial charge in [0.15, 0.2) is 0 Å². The highest BCUT2D eigenvalue weighted by Crippen LogP contribution is 2.45. The van der Waals surface area contributed by atoms with E-state index < -0.39 is 0 Å². The van der Waals surface area contributed by atoms with Crippen LogP contribution < -0.4 is 10.6 Å². The van der Waals surface area contributed by atoms with Gasteiger partial charge in [-0.15, -0.1) is 0 Å². The Bertz CT molecular complexity index is 3350. The van der Waals surface area contributed by atoms with Gasteiger partial charge in [0.25, 0.3) is 11.8 Å². The monoisotopic (exact) mass is 818 g/mol. The first kappa shape index (κ1) is 38.6. The van der Waals surface area contributed by atoms with Crippen LogP contribution in [0.4, 0.5) is 5.82 Å². The number of H-pyrrole nitrogens is 1. The predicted molar refractivity (Wildman–Crippen MR) is 251 cm³/mol. The number of fused-ring (bicyclic) bond motifs is 2. The third kappa shape index (κ3) is 7.46. The molecule has 0 spiro atoms. The van der Waals surface area contributed by atoms with E-state index in [-0.39, 0.29) is 11.8 Å². The molecule has 10 heteroatoms. The lowest BCUT2D eigenvalue weighted by molar-refractivity contribution is 0.0975. The van der Waals surface area contributed by atoms with E-state index >= 15 is 0 Å². The first-order valence-electron chi connectivity index (χ1n) is 20.5. The second-order valence-corrected chi connectivity index (χ2v) is 15.2. The average molecular weight is 819 g/mol. The van der Waals surface area contributed by atoms with E-state index in [9.17, 15) is 9.59 Å². The number of hydrogen-bond donors (Lipinski definition) is 3. The van der Waals surface area contributed by atoms with Gasteiger partial charge in [-0.05, 0) is 78.6 Å². The van der Waals surface area contributed by atoms with Gasteiger partial charge in [0, 0.05) is 22.3 Å². The largest absolute Gasteiger partial charge is 0.341 e. The van der Waals surface area contributed by atoms with Crippen molar-refractivity contribution in [3.63, 3.8) is 0 Å². The third-order valence-electron chi connectivity index (χ3n) is 11.1. The quantitative estimate of drug-likeness (QED) is 0.140. The van der Waals surface area contributed by atoms with Gasteiger partial charge in [-0.3, -0.25) is 19.6 Å². The van der Waals surface area contributed by atoms with Crippen LogP contribution in [-0.4, -0.2) is 42.6 Å². The van der Waals surface area contributed by atoms with Gasteiger partial charge in [-0.1, -0.05) is 121 Å². The van der Waals surface area contributed by atoms with Crippen LogP contribution in [0.5, 0.6) is 0 Å². The van der Waals surface area contributed by atoms with E-state index in [1.165, 1.54) is 0 Å². The minimum absolute atomic E-state index is 0.287. The molecule has 0 saturated heterocycles. The molecule has 0 aliphatic carbocycles. The van der Waals surface area contributed by atoms with Crippen molar-refractivity contribution >= 4 is 62.8 Å². The summed E-state index contributed by atoms with van der Waals surface area (Å²) in [6.07, 6.45) is 5.41. The van der Waals surface area contributed by atoms with Crippen LogP contribution in [0.25, 0.3) is 61.7 Å². The Morgan fingerprint density at radius 3 is 1.60 bits per heavy atom. The van der Waals surface area contributed by atoms with Crippen molar-refractivity contribution in [2.24, 2.45) is 4.99 Å². The fraction of sp³-hybridized carbons (Fsp3) is 0.0377. The van der Waals surface area contributed by atoms with E-state index in [4.69, 9.17) is 24.9 Å². The van der Waals surface area contributed by atoms with Gasteiger partial charge in [0.2, 0.25) is 0 Å². The number of aryl methyl sites for hydroxylation is 2. The normalized spacial score (nSPS) is 13.1. The molecule has 3 N–H and O–H groups in total. The summed E-state index contributed by atoms with van der Waals surface area (Å²) in [6, 6.07) is 50.1. The van der Waals surface area contributed by atoms with Crippen molar-refractivity contribution in [3.8, 4) is 22.4 Å². The number of aliphatic imine (C=N–C) groups is 1. The Balaban J connectivity index is 1.24. The third-order valence-corrected chi connectivity index (χ3v) is 11.1. The van der Waals surface area contributed by atoms with Crippen LogP contribution in [-0.2, 0) is 0 Å². The van der Waals surface area contributed by atoms with Crippen LogP contribution in [0.15, 0.2) is 181 Å².